The van der Waals surface area contributed by atoms with E-state index in [0.29, 0.717) is 18.4 Å². The van der Waals surface area contributed by atoms with Gasteiger partial charge in [0.15, 0.2) is 11.0 Å². The molecule has 8 heteroatoms. The van der Waals surface area contributed by atoms with Crippen LogP contribution in [-0.2, 0) is 9.53 Å². The van der Waals surface area contributed by atoms with Crippen LogP contribution in [0.25, 0.3) is 17.1 Å². The summed E-state index contributed by atoms with van der Waals surface area (Å²) in [7, 11) is 0. The molecule has 1 aliphatic heterocycles. The molecule has 4 aromatic rings. The number of para-hydroxylation sites is 3. The van der Waals surface area contributed by atoms with Crippen LogP contribution in [0.3, 0.4) is 0 Å². The van der Waals surface area contributed by atoms with E-state index in [4.69, 9.17) is 4.74 Å². The number of aromatic nitrogens is 3. The number of morpholine rings is 1. The molecule has 1 amide bonds. The number of carbonyl (C=O) groups is 1. The zero-order valence-electron chi connectivity index (χ0n) is 18.6. The second-order valence-electron chi connectivity index (χ2n) is 7.80. The van der Waals surface area contributed by atoms with E-state index in [1.807, 2.05) is 89.5 Å². The number of nitrogens with one attached hydrogen (secondary N) is 1. The fourth-order valence-corrected chi connectivity index (χ4v) is 4.68. The second kappa shape index (κ2) is 10.5. The van der Waals surface area contributed by atoms with Crippen molar-refractivity contribution in [3.8, 4) is 17.1 Å². The van der Waals surface area contributed by atoms with Crippen molar-refractivity contribution in [2.24, 2.45) is 0 Å². The van der Waals surface area contributed by atoms with Gasteiger partial charge < -0.3 is 15.0 Å². The van der Waals surface area contributed by atoms with E-state index in [2.05, 4.69) is 20.4 Å². The van der Waals surface area contributed by atoms with Crippen LogP contribution in [0.2, 0.25) is 0 Å². The van der Waals surface area contributed by atoms with Crippen molar-refractivity contribution < 1.29 is 9.53 Å². The Labute approximate surface area is 202 Å². The summed E-state index contributed by atoms with van der Waals surface area (Å²) in [5.74, 6) is 0.874. The SMILES string of the molecule is O=C(CSc1nnc(-c2ccccc2)n1-c1ccccc1)Nc1ccccc1N1CCOCC1. The highest BCUT2D eigenvalue weighted by atomic mass is 32.2. The monoisotopic (exact) mass is 471 g/mol. The molecule has 0 saturated carbocycles. The van der Waals surface area contributed by atoms with Gasteiger partial charge in [-0.15, -0.1) is 10.2 Å². The average Bonchev–Trinajstić information content (AvgIpc) is 3.33. The molecule has 0 bridgehead atoms. The normalized spacial score (nSPS) is 13.6. The third-order valence-corrected chi connectivity index (χ3v) is 6.47. The van der Waals surface area contributed by atoms with E-state index in [-0.39, 0.29) is 11.7 Å². The lowest BCUT2D eigenvalue weighted by Gasteiger charge is -2.30. The topological polar surface area (TPSA) is 72.3 Å². The number of hydrogen-bond acceptors (Lipinski definition) is 6. The van der Waals surface area contributed by atoms with Gasteiger partial charge in [0.05, 0.1) is 30.3 Å². The van der Waals surface area contributed by atoms with Gasteiger partial charge in [0.1, 0.15) is 0 Å². The van der Waals surface area contributed by atoms with Gasteiger partial charge in [0.2, 0.25) is 5.91 Å². The maximum absolute atomic E-state index is 12.9. The zero-order valence-corrected chi connectivity index (χ0v) is 19.4. The highest BCUT2D eigenvalue weighted by molar-refractivity contribution is 7.99. The number of benzene rings is 3. The molecule has 1 aromatic heterocycles. The number of nitrogens with zero attached hydrogens (tertiary/aromatic N) is 4. The smallest absolute Gasteiger partial charge is 0.234 e. The van der Waals surface area contributed by atoms with E-state index < -0.39 is 0 Å². The summed E-state index contributed by atoms with van der Waals surface area (Å²) in [5.41, 5.74) is 3.74. The van der Waals surface area contributed by atoms with Gasteiger partial charge >= 0.3 is 0 Å². The van der Waals surface area contributed by atoms with Crippen LogP contribution in [0, 0.1) is 0 Å². The minimum atomic E-state index is -0.0883. The average molecular weight is 472 g/mol. The largest absolute Gasteiger partial charge is 0.378 e. The molecule has 1 fully saturated rings. The van der Waals surface area contributed by atoms with Crippen molar-refractivity contribution in [2.75, 3.05) is 42.3 Å². The lowest BCUT2D eigenvalue weighted by molar-refractivity contribution is -0.113. The van der Waals surface area contributed by atoms with E-state index in [9.17, 15) is 4.79 Å². The fourth-order valence-electron chi connectivity index (χ4n) is 3.92. The second-order valence-corrected chi connectivity index (χ2v) is 8.74. The molecule has 1 N–H and O–H groups in total. The Hall–Kier alpha value is -3.62. The Bertz CT molecular complexity index is 1240. The zero-order chi connectivity index (χ0) is 23.2. The Balaban J connectivity index is 1.34. The Morgan fingerprint density at radius 1 is 0.882 bits per heavy atom. The molecule has 3 aromatic carbocycles. The lowest BCUT2D eigenvalue weighted by atomic mass is 10.2. The van der Waals surface area contributed by atoms with E-state index in [1.165, 1.54) is 11.8 Å². The van der Waals surface area contributed by atoms with E-state index >= 15 is 0 Å². The summed E-state index contributed by atoms with van der Waals surface area (Å²) in [6.45, 7) is 3.00. The molecule has 0 spiro atoms. The molecule has 1 saturated heterocycles. The van der Waals surface area contributed by atoms with Crippen molar-refractivity contribution in [1.82, 2.24) is 14.8 Å². The van der Waals surface area contributed by atoms with Crippen LogP contribution >= 0.6 is 11.8 Å². The Kier molecular flexibility index (Phi) is 6.88. The van der Waals surface area contributed by atoms with Gasteiger partial charge in [-0.25, -0.2) is 0 Å². The number of rotatable bonds is 7. The van der Waals surface area contributed by atoms with Crippen molar-refractivity contribution in [1.29, 1.82) is 0 Å². The quantitative estimate of drug-likeness (QED) is 0.400. The summed E-state index contributed by atoms with van der Waals surface area (Å²) in [4.78, 5) is 15.2. The fraction of sp³-hybridized carbons (Fsp3) is 0.192. The molecule has 0 unspecified atom stereocenters. The van der Waals surface area contributed by atoms with Gasteiger partial charge in [-0.05, 0) is 24.3 Å². The van der Waals surface area contributed by atoms with Gasteiger partial charge in [0.25, 0.3) is 0 Å². The van der Waals surface area contributed by atoms with Crippen molar-refractivity contribution in [3.05, 3.63) is 84.9 Å². The minimum absolute atomic E-state index is 0.0883. The number of carbonyl (C=O) groups excluding carboxylic acids is 1. The highest BCUT2D eigenvalue weighted by Crippen LogP contribution is 2.29. The van der Waals surface area contributed by atoms with Gasteiger partial charge in [-0.2, -0.15) is 0 Å². The highest BCUT2D eigenvalue weighted by Gasteiger charge is 2.19. The number of anilines is 2. The van der Waals surface area contributed by atoms with Crippen LogP contribution in [-0.4, -0.2) is 52.7 Å². The lowest BCUT2D eigenvalue weighted by Crippen LogP contribution is -2.36. The number of hydrogen-bond donors (Lipinski definition) is 1. The summed E-state index contributed by atoms with van der Waals surface area (Å²) in [5, 5.41) is 12.6. The molecule has 0 aliphatic carbocycles. The van der Waals surface area contributed by atoms with Crippen LogP contribution in [0.1, 0.15) is 0 Å². The van der Waals surface area contributed by atoms with Crippen LogP contribution < -0.4 is 10.2 Å². The minimum Gasteiger partial charge on any atom is -0.378 e. The predicted molar refractivity (Wildman–Crippen MR) is 136 cm³/mol. The molecule has 2 heterocycles. The molecular weight excluding hydrogens is 446 g/mol. The van der Waals surface area contributed by atoms with Crippen LogP contribution in [0.15, 0.2) is 90.1 Å². The Morgan fingerprint density at radius 2 is 1.56 bits per heavy atom. The van der Waals surface area contributed by atoms with Gasteiger partial charge in [-0.1, -0.05) is 72.4 Å². The number of amides is 1. The van der Waals surface area contributed by atoms with Crippen LogP contribution in [0.4, 0.5) is 11.4 Å². The van der Waals surface area contributed by atoms with Crippen molar-refractivity contribution in [3.63, 3.8) is 0 Å². The molecule has 0 radical (unpaired) electrons. The molecule has 7 nitrogen and oxygen atoms in total. The Morgan fingerprint density at radius 3 is 2.32 bits per heavy atom. The molecule has 172 valence electrons. The summed E-state index contributed by atoms with van der Waals surface area (Å²) >= 11 is 1.37. The predicted octanol–water partition coefficient (Wildman–Crippen LogP) is 4.50. The molecular formula is C26H25N5O2S. The third kappa shape index (κ3) is 4.98. The molecule has 0 atom stereocenters. The maximum Gasteiger partial charge on any atom is 0.234 e. The van der Waals surface area contributed by atoms with Crippen LogP contribution in [0.5, 0.6) is 0 Å². The number of ether oxygens (including phenoxy) is 1. The van der Waals surface area contributed by atoms with E-state index in [0.717, 1.165) is 41.5 Å². The first kappa shape index (κ1) is 22.2. The summed E-state index contributed by atoms with van der Waals surface area (Å²) in [6, 6.07) is 27.8. The third-order valence-electron chi connectivity index (χ3n) is 5.54. The maximum atomic E-state index is 12.9. The molecule has 5 rings (SSSR count). The molecule has 1 aliphatic rings. The summed E-state index contributed by atoms with van der Waals surface area (Å²) in [6.07, 6.45) is 0. The van der Waals surface area contributed by atoms with Crippen molar-refractivity contribution in [2.45, 2.75) is 5.16 Å². The first-order valence-corrected chi connectivity index (χ1v) is 12.2. The van der Waals surface area contributed by atoms with Gasteiger partial charge in [-0.3, -0.25) is 9.36 Å². The standard InChI is InChI=1S/C26H25N5O2S/c32-24(27-22-13-7-8-14-23(22)30-15-17-33-18-16-30)19-34-26-29-28-25(20-9-3-1-4-10-20)31(26)21-11-5-2-6-12-21/h1-14H,15-19H2,(H,27,32). The van der Waals surface area contributed by atoms with Gasteiger partial charge in [0, 0.05) is 24.3 Å². The first-order valence-electron chi connectivity index (χ1n) is 11.2. The summed E-state index contributed by atoms with van der Waals surface area (Å²) < 4.78 is 7.46. The van der Waals surface area contributed by atoms with E-state index in [1.54, 1.807) is 0 Å². The number of thioether (sulfide) groups is 1. The molecule has 34 heavy (non-hydrogen) atoms. The van der Waals surface area contributed by atoms with Crippen molar-refractivity contribution >= 4 is 29.0 Å². The first-order chi connectivity index (χ1) is 16.8.